The van der Waals surface area contributed by atoms with Gasteiger partial charge in [0.25, 0.3) is 5.91 Å². The van der Waals surface area contributed by atoms with Crippen molar-refractivity contribution in [2.24, 2.45) is 0 Å². The molecule has 2 rings (SSSR count). The molecular weight excluding hydrogens is 268 g/mol. The number of aromatic nitrogens is 3. The molecule has 0 unspecified atom stereocenters. The molecule has 0 aliphatic heterocycles. The van der Waals surface area contributed by atoms with Crippen molar-refractivity contribution in [1.82, 2.24) is 15.2 Å². The summed E-state index contributed by atoms with van der Waals surface area (Å²) >= 11 is 0. The van der Waals surface area contributed by atoms with Crippen molar-refractivity contribution in [1.29, 1.82) is 0 Å². The second-order valence-electron chi connectivity index (χ2n) is 4.97. The molecule has 110 valence electrons. The van der Waals surface area contributed by atoms with Gasteiger partial charge < -0.3 is 10.1 Å². The Balaban J connectivity index is 2.22. The van der Waals surface area contributed by atoms with Crippen LogP contribution < -0.4 is 10.1 Å². The second kappa shape index (κ2) is 6.30. The van der Waals surface area contributed by atoms with Crippen LogP contribution >= 0.6 is 0 Å². The van der Waals surface area contributed by atoms with E-state index in [-0.39, 0.29) is 12.0 Å². The number of anilines is 1. The van der Waals surface area contributed by atoms with Crippen molar-refractivity contribution < 1.29 is 9.53 Å². The number of carbonyl (C=O) groups excluding carboxylic acids is 1. The molecule has 0 radical (unpaired) electrons. The maximum absolute atomic E-state index is 12.3. The van der Waals surface area contributed by atoms with Gasteiger partial charge in [-0.1, -0.05) is 0 Å². The van der Waals surface area contributed by atoms with Gasteiger partial charge in [-0.15, -0.1) is 5.10 Å². The molecule has 2 heterocycles. The third-order valence-corrected chi connectivity index (χ3v) is 2.84. The fourth-order valence-electron chi connectivity index (χ4n) is 1.67. The molecule has 0 atom stereocenters. The summed E-state index contributed by atoms with van der Waals surface area (Å²) in [5.41, 5.74) is 2.16. The minimum atomic E-state index is -0.323. The van der Waals surface area contributed by atoms with Gasteiger partial charge in [-0.2, -0.15) is 5.10 Å². The molecule has 6 nitrogen and oxygen atoms in total. The minimum Gasteiger partial charge on any atom is -0.474 e. The first kappa shape index (κ1) is 14.9. The topological polar surface area (TPSA) is 77.0 Å². The number of nitrogens with zero attached hydrogens (tertiary/aromatic N) is 3. The number of ether oxygens (including phenoxy) is 1. The fourth-order valence-corrected chi connectivity index (χ4v) is 1.67. The predicted molar refractivity (Wildman–Crippen MR) is 79.5 cm³/mol. The van der Waals surface area contributed by atoms with E-state index in [2.05, 4.69) is 20.5 Å². The summed E-state index contributed by atoms with van der Waals surface area (Å²) in [7, 11) is 0. The molecule has 0 saturated heterocycles. The Hall–Kier alpha value is -2.50. The third-order valence-electron chi connectivity index (χ3n) is 2.84. The molecule has 0 bridgehead atoms. The largest absolute Gasteiger partial charge is 0.474 e. The van der Waals surface area contributed by atoms with Crippen LogP contribution in [-0.4, -0.2) is 27.2 Å². The van der Waals surface area contributed by atoms with E-state index in [0.717, 1.165) is 11.3 Å². The summed E-state index contributed by atoms with van der Waals surface area (Å²) in [5, 5.41) is 10.6. The summed E-state index contributed by atoms with van der Waals surface area (Å²) < 4.78 is 5.54. The molecule has 0 spiro atoms. The van der Waals surface area contributed by atoms with Gasteiger partial charge in [-0.25, -0.2) is 4.98 Å². The van der Waals surface area contributed by atoms with E-state index in [1.54, 1.807) is 24.4 Å². The number of carbonyl (C=O) groups is 1. The number of hydrogen-bond acceptors (Lipinski definition) is 5. The van der Waals surface area contributed by atoms with E-state index >= 15 is 0 Å². The Bertz CT molecular complexity index is 656. The van der Waals surface area contributed by atoms with Crippen LogP contribution in [0.25, 0.3) is 0 Å². The van der Waals surface area contributed by atoms with Crippen LogP contribution in [0.1, 0.15) is 35.5 Å². The van der Waals surface area contributed by atoms with Gasteiger partial charge in [0.15, 0.2) is 5.82 Å². The number of hydrogen-bond donors (Lipinski definition) is 1. The Morgan fingerprint density at radius 2 is 2.05 bits per heavy atom. The van der Waals surface area contributed by atoms with Crippen LogP contribution in [0.15, 0.2) is 24.4 Å². The zero-order chi connectivity index (χ0) is 15.4. The predicted octanol–water partition coefficient (Wildman–Crippen LogP) is 2.53. The number of amides is 1. The molecule has 0 aliphatic rings. The first-order valence-corrected chi connectivity index (χ1v) is 6.71. The molecule has 0 aliphatic carbocycles. The zero-order valence-electron chi connectivity index (χ0n) is 12.5. The highest BCUT2D eigenvalue weighted by atomic mass is 16.5. The lowest BCUT2D eigenvalue weighted by Crippen LogP contribution is -2.17. The van der Waals surface area contributed by atoms with Crippen LogP contribution in [-0.2, 0) is 0 Å². The monoisotopic (exact) mass is 286 g/mol. The van der Waals surface area contributed by atoms with E-state index in [9.17, 15) is 4.79 Å². The first-order chi connectivity index (χ1) is 9.97. The van der Waals surface area contributed by atoms with E-state index in [1.807, 2.05) is 27.7 Å². The van der Waals surface area contributed by atoms with Crippen LogP contribution in [0.2, 0.25) is 0 Å². The quantitative estimate of drug-likeness (QED) is 0.934. The summed E-state index contributed by atoms with van der Waals surface area (Å²) in [6.07, 6.45) is 1.53. The van der Waals surface area contributed by atoms with Gasteiger partial charge in [0.2, 0.25) is 5.88 Å². The molecule has 0 saturated carbocycles. The summed E-state index contributed by atoms with van der Waals surface area (Å²) in [6, 6.07) is 5.13. The van der Waals surface area contributed by atoms with Crippen molar-refractivity contribution in [3.8, 4) is 5.88 Å². The van der Waals surface area contributed by atoms with Crippen molar-refractivity contribution in [2.75, 3.05) is 5.32 Å². The van der Waals surface area contributed by atoms with Gasteiger partial charge >= 0.3 is 0 Å². The highest BCUT2D eigenvalue weighted by Crippen LogP contribution is 2.18. The fraction of sp³-hybridized carbons (Fsp3) is 0.333. The summed E-state index contributed by atoms with van der Waals surface area (Å²) in [5.74, 6) is 0.389. The Morgan fingerprint density at radius 1 is 1.29 bits per heavy atom. The maximum Gasteiger partial charge on any atom is 0.262 e. The average Bonchev–Trinajstić information content (AvgIpc) is 2.43. The standard InChI is InChI=1S/C15H18N4O2/c1-9(2)21-15-12(6-5-7-16-15)14(20)17-13-8-10(3)11(4)18-19-13/h5-9H,1-4H3,(H,17,19,20). The van der Waals surface area contributed by atoms with Crippen molar-refractivity contribution in [2.45, 2.75) is 33.8 Å². The van der Waals surface area contributed by atoms with Gasteiger partial charge in [0.1, 0.15) is 5.56 Å². The molecular formula is C15H18N4O2. The molecule has 0 fully saturated rings. The number of pyridine rings is 1. The lowest BCUT2D eigenvalue weighted by Gasteiger charge is -2.12. The van der Waals surface area contributed by atoms with Crippen LogP contribution in [0.5, 0.6) is 5.88 Å². The van der Waals surface area contributed by atoms with Crippen molar-refractivity contribution in [3.63, 3.8) is 0 Å². The highest BCUT2D eigenvalue weighted by molar-refractivity contribution is 6.05. The zero-order valence-corrected chi connectivity index (χ0v) is 12.5. The Kier molecular flexibility index (Phi) is 4.47. The molecule has 2 aromatic heterocycles. The normalized spacial score (nSPS) is 10.5. The van der Waals surface area contributed by atoms with E-state index in [4.69, 9.17) is 4.74 Å². The lowest BCUT2D eigenvalue weighted by atomic mass is 10.2. The minimum absolute atomic E-state index is 0.0622. The maximum atomic E-state index is 12.3. The Morgan fingerprint density at radius 3 is 2.71 bits per heavy atom. The summed E-state index contributed by atoms with van der Waals surface area (Å²) in [6.45, 7) is 7.54. The van der Waals surface area contributed by atoms with Gasteiger partial charge in [-0.05, 0) is 51.5 Å². The van der Waals surface area contributed by atoms with Gasteiger partial charge in [0.05, 0.1) is 11.8 Å². The molecule has 6 heteroatoms. The van der Waals surface area contributed by atoms with E-state index in [0.29, 0.717) is 17.3 Å². The van der Waals surface area contributed by atoms with Crippen LogP contribution in [0.4, 0.5) is 5.82 Å². The molecule has 21 heavy (non-hydrogen) atoms. The number of rotatable bonds is 4. The molecule has 2 aromatic rings. The average molecular weight is 286 g/mol. The number of nitrogens with one attached hydrogen (secondary N) is 1. The van der Waals surface area contributed by atoms with Crippen molar-refractivity contribution >= 4 is 11.7 Å². The SMILES string of the molecule is Cc1cc(NC(=O)c2cccnc2OC(C)C)nnc1C. The van der Waals surface area contributed by atoms with Gasteiger partial charge in [0, 0.05) is 6.20 Å². The second-order valence-corrected chi connectivity index (χ2v) is 4.97. The van der Waals surface area contributed by atoms with E-state index < -0.39 is 0 Å². The Labute approximate surface area is 123 Å². The third kappa shape index (κ3) is 3.75. The van der Waals surface area contributed by atoms with Crippen molar-refractivity contribution in [3.05, 3.63) is 41.2 Å². The van der Waals surface area contributed by atoms with Crippen LogP contribution in [0.3, 0.4) is 0 Å². The highest BCUT2D eigenvalue weighted by Gasteiger charge is 2.15. The molecule has 1 amide bonds. The van der Waals surface area contributed by atoms with Gasteiger partial charge in [-0.3, -0.25) is 4.79 Å². The first-order valence-electron chi connectivity index (χ1n) is 6.71. The van der Waals surface area contributed by atoms with E-state index in [1.165, 1.54) is 0 Å². The molecule has 1 N–H and O–H groups in total. The van der Waals surface area contributed by atoms with Crippen LogP contribution in [0, 0.1) is 13.8 Å². The lowest BCUT2D eigenvalue weighted by molar-refractivity contribution is 0.101. The summed E-state index contributed by atoms with van der Waals surface area (Å²) in [4.78, 5) is 16.4. The smallest absolute Gasteiger partial charge is 0.262 e. The number of aryl methyl sites for hydroxylation is 2. The molecule has 0 aromatic carbocycles.